The summed E-state index contributed by atoms with van der Waals surface area (Å²) in [6.45, 7) is 2.01. The Bertz CT molecular complexity index is 793. The third-order valence-electron chi connectivity index (χ3n) is 4.71. The molecule has 1 atom stereocenters. The summed E-state index contributed by atoms with van der Waals surface area (Å²) in [5, 5.41) is 12.7. The Hall–Kier alpha value is -2.51. The van der Waals surface area contributed by atoms with Crippen LogP contribution in [0.5, 0.6) is 0 Å². The lowest BCUT2D eigenvalue weighted by Gasteiger charge is -2.41. The number of nitrogens with one attached hydrogen (secondary N) is 1. The number of nitrogens with zero attached hydrogens (tertiary/aromatic N) is 2. The number of carbonyl (C=O) groups excluding carboxylic acids is 1. The molecule has 25 heavy (non-hydrogen) atoms. The Kier molecular flexibility index (Phi) is 5.25. The summed E-state index contributed by atoms with van der Waals surface area (Å²) in [5.41, 5.74) is 2.30. The zero-order chi connectivity index (χ0) is 17.8. The predicted molar refractivity (Wildman–Crippen MR) is 99.5 cm³/mol. The molecule has 1 saturated carbocycles. The largest absolute Gasteiger partial charge is 0.322 e. The lowest BCUT2D eigenvalue weighted by Crippen LogP contribution is -2.47. The van der Waals surface area contributed by atoms with Crippen molar-refractivity contribution in [2.45, 2.75) is 38.3 Å². The highest BCUT2D eigenvalue weighted by Gasteiger charge is 2.33. The molecule has 5 heteroatoms. The Labute approximate surface area is 153 Å². The number of hydrogen-bond acceptors (Lipinski definition) is 2. The molecular weight excluding hydrogens is 334 g/mol. The zero-order valence-electron chi connectivity index (χ0n) is 14.1. The van der Waals surface area contributed by atoms with E-state index in [0.29, 0.717) is 10.6 Å². The second kappa shape index (κ2) is 7.58. The van der Waals surface area contributed by atoms with E-state index in [1.54, 1.807) is 30.3 Å². The predicted octanol–water partition coefficient (Wildman–Crippen LogP) is 5.36. The van der Waals surface area contributed by atoms with Gasteiger partial charge < -0.3 is 10.2 Å². The fourth-order valence-corrected chi connectivity index (χ4v) is 3.20. The third-order valence-corrected chi connectivity index (χ3v) is 4.97. The van der Waals surface area contributed by atoms with Gasteiger partial charge in [-0.05, 0) is 68.1 Å². The minimum absolute atomic E-state index is 0.106. The minimum Gasteiger partial charge on any atom is -0.315 e. The molecule has 2 aromatic carbocycles. The average Bonchev–Trinajstić information content (AvgIpc) is 2.59. The van der Waals surface area contributed by atoms with Gasteiger partial charge in [-0.25, -0.2) is 4.79 Å². The number of urea groups is 1. The molecule has 128 valence electrons. The van der Waals surface area contributed by atoms with E-state index >= 15 is 0 Å². The minimum atomic E-state index is -0.123. The van der Waals surface area contributed by atoms with Gasteiger partial charge in [0.05, 0.1) is 17.7 Å². The molecule has 4 nitrogen and oxygen atoms in total. The number of carbonyl (C=O) groups is 1. The maximum Gasteiger partial charge on any atom is 0.322 e. The van der Waals surface area contributed by atoms with Crippen molar-refractivity contribution in [3.8, 4) is 6.07 Å². The molecular formula is C20H20ClN3O. The first kappa shape index (κ1) is 17.3. The van der Waals surface area contributed by atoms with E-state index in [1.165, 1.54) is 0 Å². The molecule has 1 unspecified atom stereocenters. The summed E-state index contributed by atoms with van der Waals surface area (Å²) in [7, 11) is 0. The summed E-state index contributed by atoms with van der Waals surface area (Å²) in [5.74, 6) is 0. The SMILES string of the molecule is CC(c1cccc(C#N)c1)N(C(=O)Nc1ccc(Cl)cc1)C1CCC1. The fraction of sp³-hybridized carbons (Fsp3) is 0.300. The van der Waals surface area contributed by atoms with E-state index in [0.717, 1.165) is 30.5 Å². The lowest BCUT2D eigenvalue weighted by atomic mass is 9.89. The first-order chi connectivity index (χ1) is 12.1. The summed E-state index contributed by atoms with van der Waals surface area (Å²) in [6.07, 6.45) is 3.16. The number of hydrogen-bond donors (Lipinski definition) is 1. The molecule has 1 fully saturated rings. The highest BCUT2D eigenvalue weighted by atomic mass is 35.5. The van der Waals surface area contributed by atoms with Gasteiger partial charge in [0, 0.05) is 16.8 Å². The quantitative estimate of drug-likeness (QED) is 0.804. The van der Waals surface area contributed by atoms with Crippen LogP contribution in [-0.2, 0) is 0 Å². The average molecular weight is 354 g/mol. The second-order valence-electron chi connectivity index (χ2n) is 6.34. The van der Waals surface area contributed by atoms with Crippen molar-refractivity contribution >= 4 is 23.3 Å². The van der Waals surface area contributed by atoms with Crippen molar-refractivity contribution in [3.05, 3.63) is 64.7 Å². The van der Waals surface area contributed by atoms with Gasteiger partial charge in [-0.15, -0.1) is 0 Å². The molecule has 0 aliphatic heterocycles. The summed E-state index contributed by atoms with van der Waals surface area (Å²) >= 11 is 5.90. The highest BCUT2D eigenvalue weighted by Crippen LogP contribution is 2.33. The molecule has 0 heterocycles. The van der Waals surface area contributed by atoms with E-state index in [2.05, 4.69) is 11.4 Å². The first-order valence-electron chi connectivity index (χ1n) is 8.43. The first-order valence-corrected chi connectivity index (χ1v) is 8.81. The summed E-state index contributed by atoms with van der Waals surface area (Å²) in [6, 6.07) is 16.7. The van der Waals surface area contributed by atoms with Crippen LogP contribution >= 0.6 is 11.6 Å². The van der Waals surface area contributed by atoms with Crippen molar-refractivity contribution < 1.29 is 4.79 Å². The van der Waals surface area contributed by atoms with E-state index in [-0.39, 0.29) is 18.1 Å². The van der Waals surface area contributed by atoms with Crippen molar-refractivity contribution in [1.82, 2.24) is 4.90 Å². The molecule has 0 saturated heterocycles. The van der Waals surface area contributed by atoms with Gasteiger partial charge in [-0.3, -0.25) is 0 Å². The number of nitriles is 1. The van der Waals surface area contributed by atoms with E-state index in [9.17, 15) is 4.79 Å². The monoisotopic (exact) mass is 353 g/mol. The third kappa shape index (κ3) is 3.94. The smallest absolute Gasteiger partial charge is 0.315 e. The van der Waals surface area contributed by atoms with Gasteiger partial charge in [-0.1, -0.05) is 23.7 Å². The molecule has 2 aromatic rings. The van der Waals surface area contributed by atoms with Crippen molar-refractivity contribution in [2.24, 2.45) is 0 Å². The van der Waals surface area contributed by atoms with E-state index in [1.807, 2.05) is 30.0 Å². The van der Waals surface area contributed by atoms with Gasteiger partial charge in [0.25, 0.3) is 0 Å². The Morgan fingerprint density at radius 1 is 1.28 bits per heavy atom. The van der Waals surface area contributed by atoms with Crippen molar-refractivity contribution in [1.29, 1.82) is 5.26 Å². The Morgan fingerprint density at radius 2 is 2.00 bits per heavy atom. The summed E-state index contributed by atoms with van der Waals surface area (Å²) < 4.78 is 0. The molecule has 1 aliphatic carbocycles. The number of anilines is 1. The molecule has 1 N–H and O–H groups in total. The van der Waals surface area contributed by atoms with Crippen LogP contribution in [0, 0.1) is 11.3 Å². The fourth-order valence-electron chi connectivity index (χ4n) is 3.07. The van der Waals surface area contributed by atoms with E-state index < -0.39 is 0 Å². The van der Waals surface area contributed by atoms with Crippen LogP contribution in [0.25, 0.3) is 0 Å². The normalized spacial score (nSPS) is 14.9. The molecule has 0 radical (unpaired) electrons. The van der Waals surface area contributed by atoms with Crippen LogP contribution < -0.4 is 5.32 Å². The number of benzene rings is 2. The second-order valence-corrected chi connectivity index (χ2v) is 6.78. The van der Waals surface area contributed by atoms with Crippen LogP contribution in [0.2, 0.25) is 5.02 Å². The molecule has 1 aliphatic rings. The maximum absolute atomic E-state index is 12.9. The molecule has 2 amide bonds. The molecule has 3 rings (SSSR count). The van der Waals surface area contributed by atoms with Crippen LogP contribution in [0.15, 0.2) is 48.5 Å². The number of amides is 2. The Morgan fingerprint density at radius 3 is 2.60 bits per heavy atom. The summed E-state index contributed by atoms with van der Waals surface area (Å²) in [4.78, 5) is 14.8. The van der Waals surface area contributed by atoms with Gasteiger partial charge >= 0.3 is 6.03 Å². The van der Waals surface area contributed by atoms with Crippen LogP contribution in [-0.4, -0.2) is 17.0 Å². The standard InChI is InChI=1S/C20H20ClN3O/c1-14(16-5-2-4-15(12-16)13-22)24(19-6-3-7-19)20(25)23-18-10-8-17(21)9-11-18/h2,4-5,8-12,14,19H,3,6-7H2,1H3,(H,23,25). The van der Waals surface area contributed by atoms with Gasteiger partial charge in [0.2, 0.25) is 0 Å². The van der Waals surface area contributed by atoms with Crippen molar-refractivity contribution in [2.75, 3.05) is 5.32 Å². The van der Waals surface area contributed by atoms with Gasteiger partial charge in [0.1, 0.15) is 0 Å². The molecule has 0 aromatic heterocycles. The molecule has 0 bridgehead atoms. The van der Waals surface area contributed by atoms with Gasteiger partial charge in [0.15, 0.2) is 0 Å². The van der Waals surface area contributed by atoms with Crippen LogP contribution in [0.3, 0.4) is 0 Å². The van der Waals surface area contributed by atoms with Gasteiger partial charge in [-0.2, -0.15) is 5.26 Å². The van der Waals surface area contributed by atoms with Crippen LogP contribution in [0.1, 0.15) is 43.4 Å². The lowest BCUT2D eigenvalue weighted by molar-refractivity contribution is 0.120. The number of rotatable bonds is 4. The number of halogens is 1. The van der Waals surface area contributed by atoms with Crippen LogP contribution in [0.4, 0.5) is 10.5 Å². The molecule has 0 spiro atoms. The Balaban J connectivity index is 1.82. The maximum atomic E-state index is 12.9. The topological polar surface area (TPSA) is 56.1 Å². The highest BCUT2D eigenvalue weighted by molar-refractivity contribution is 6.30. The van der Waals surface area contributed by atoms with Crippen molar-refractivity contribution in [3.63, 3.8) is 0 Å². The zero-order valence-corrected chi connectivity index (χ0v) is 14.8. The van der Waals surface area contributed by atoms with E-state index in [4.69, 9.17) is 16.9 Å².